The van der Waals surface area contributed by atoms with Gasteiger partial charge in [0.1, 0.15) is 0 Å². The molecule has 2 saturated heterocycles. The zero-order valence-electron chi connectivity index (χ0n) is 13.1. The van der Waals surface area contributed by atoms with Gasteiger partial charge in [0.25, 0.3) is 0 Å². The molecule has 0 aromatic heterocycles. The largest absolute Gasteiger partial charge is 0.381 e. The van der Waals surface area contributed by atoms with Crippen molar-refractivity contribution in [2.45, 2.75) is 31.8 Å². The molecule has 3 rings (SSSR count). The molecule has 3 fully saturated rings. The van der Waals surface area contributed by atoms with Crippen molar-refractivity contribution in [2.75, 3.05) is 53.0 Å². The second-order valence-corrected chi connectivity index (χ2v) is 6.86. The molecule has 0 radical (unpaired) electrons. The van der Waals surface area contributed by atoms with Crippen LogP contribution in [0.15, 0.2) is 0 Å². The highest BCUT2D eigenvalue weighted by Crippen LogP contribution is 2.29. The van der Waals surface area contributed by atoms with E-state index >= 15 is 0 Å². The van der Waals surface area contributed by atoms with Crippen molar-refractivity contribution in [3.63, 3.8) is 0 Å². The van der Waals surface area contributed by atoms with Crippen LogP contribution in [0.2, 0.25) is 0 Å². The topological polar surface area (TPSA) is 42.0 Å². The molecule has 1 aliphatic carbocycles. The van der Waals surface area contributed by atoms with Crippen molar-refractivity contribution in [1.82, 2.24) is 9.80 Å². The van der Waals surface area contributed by atoms with Crippen LogP contribution in [-0.2, 0) is 14.3 Å². The van der Waals surface area contributed by atoms with Crippen molar-refractivity contribution in [1.29, 1.82) is 0 Å². The molecule has 2 atom stereocenters. The SMILES string of the molecule is CN(CC1CC1)C[C@@H]1CN(C(=O)[C@H]2CCCOC2)CCO1. The monoisotopic (exact) mass is 296 g/mol. The molecule has 0 aromatic carbocycles. The van der Waals surface area contributed by atoms with E-state index in [9.17, 15) is 4.79 Å². The number of hydrogen-bond donors (Lipinski definition) is 0. The molecule has 5 heteroatoms. The van der Waals surface area contributed by atoms with Gasteiger partial charge in [-0.25, -0.2) is 0 Å². The van der Waals surface area contributed by atoms with Gasteiger partial charge in [-0.05, 0) is 38.6 Å². The molecule has 120 valence electrons. The van der Waals surface area contributed by atoms with E-state index in [0.717, 1.165) is 45.0 Å². The molecular weight excluding hydrogens is 268 g/mol. The van der Waals surface area contributed by atoms with E-state index in [1.807, 2.05) is 4.90 Å². The van der Waals surface area contributed by atoms with E-state index in [0.29, 0.717) is 13.2 Å². The molecule has 0 N–H and O–H groups in total. The fourth-order valence-electron chi connectivity index (χ4n) is 3.39. The Labute approximate surface area is 127 Å². The van der Waals surface area contributed by atoms with Gasteiger partial charge in [-0.2, -0.15) is 0 Å². The number of hydrogen-bond acceptors (Lipinski definition) is 4. The van der Waals surface area contributed by atoms with Crippen LogP contribution in [0.3, 0.4) is 0 Å². The Hall–Kier alpha value is -0.650. The van der Waals surface area contributed by atoms with E-state index in [1.165, 1.54) is 19.4 Å². The molecule has 2 aliphatic heterocycles. The summed E-state index contributed by atoms with van der Waals surface area (Å²) < 4.78 is 11.3. The van der Waals surface area contributed by atoms with E-state index in [4.69, 9.17) is 9.47 Å². The average molecular weight is 296 g/mol. The number of amides is 1. The summed E-state index contributed by atoms with van der Waals surface area (Å²) in [6, 6.07) is 0. The van der Waals surface area contributed by atoms with Gasteiger partial charge in [0.05, 0.1) is 25.2 Å². The van der Waals surface area contributed by atoms with Gasteiger partial charge >= 0.3 is 0 Å². The van der Waals surface area contributed by atoms with Crippen LogP contribution >= 0.6 is 0 Å². The molecule has 0 spiro atoms. The van der Waals surface area contributed by atoms with Crippen LogP contribution in [0, 0.1) is 11.8 Å². The van der Waals surface area contributed by atoms with Crippen molar-refractivity contribution in [3.8, 4) is 0 Å². The predicted molar refractivity (Wildman–Crippen MR) is 80.1 cm³/mol. The van der Waals surface area contributed by atoms with Gasteiger partial charge in [-0.3, -0.25) is 4.79 Å². The molecule has 1 amide bonds. The Morgan fingerprint density at radius 1 is 1.24 bits per heavy atom. The molecule has 21 heavy (non-hydrogen) atoms. The van der Waals surface area contributed by atoms with Crippen molar-refractivity contribution in [3.05, 3.63) is 0 Å². The molecule has 1 saturated carbocycles. The Bertz CT molecular complexity index is 353. The first-order valence-electron chi connectivity index (χ1n) is 8.39. The number of nitrogens with zero attached hydrogens (tertiary/aromatic N) is 2. The quantitative estimate of drug-likeness (QED) is 0.758. The highest BCUT2D eigenvalue weighted by molar-refractivity contribution is 5.79. The van der Waals surface area contributed by atoms with Crippen LogP contribution in [0.4, 0.5) is 0 Å². The third-order valence-corrected chi connectivity index (χ3v) is 4.74. The number of carbonyl (C=O) groups excluding carboxylic acids is 1. The predicted octanol–water partition coefficient (Wildman–Crippen LogP) is 0.982. The zero-order chi connectivity index (χ0) is 14.7. The van der Waals surface area contributed by atoms with E-state index in [1.54, 1.807) is 0 Å². The summed E-state index contributed by atoms with van der Waals surface area (Å²) in [5.41, 5.74) is 0. The van der Waals surface area contributed by atoms with Crippen LogP contribution in [0.25, 0.3) is 0 Å². The lowest BCUT2D eigenvalue weighted by Gasteiger charge is -2.37. The van der Waals surface area contributed by atoms with Crippen LogP contribution < -0.4 is 0 Å². The number of likely N-dealkylation sites (N-methyl/N-ethyl adjacent to an activating group) is 1. The number of carbonyl (C=O) groups is 1. The standard InChI is InChI=1S/C16H28N2O3/c1-17(9-13-4-5-13)10-15-11-18(6-8-21-15)16(19)14-3-2-7-20-12-14/h13-15H,2-12H2,1H3/t14-,15+/m0/s1. The second kappa shape index (κ2) is 7.07. The molecule has 2 heterocycles. The molecule has 0 aromatic rings. The van der Waals surface area contributed by atoms with Gasteiger partial charge < -0.3 is 19.3 Å². The third-order valence-electron chi connectivity index (χ3n) is 4.74. The minimum atomic E-state index is 0.0710. The lowest BCUT2D eigenvalue weighted by Crippen LogP contribution is -2.51. The average Bonchev–Trinajstić information content (AvgIpc) is 3.31. The number of morpholine rings is 1. The minimum Gasteiger partial charge on any atom is -0.381 e. The van der Waals surface area contributed by atoms with Crippen LogP contribution in [0.1, 0.15) is 25.7 Å². The van der Waals surface area contributed by atoms with Gasteiger partial charge in [0.15, 0.2) is 0 Å². The van der Waals surface area contributed by atoms with Gasteiger partial charge in [0, 0.05) is 32.8 Å². The minimum absolute atomic E-state index is 0.0710. The van der Waals surface area contributed by atoms with Crippen molar-refractivity contribution in [2.24, 2.45) is 11.8 Å². The van der Waals surface area contributed by atoms with Crippen molar-refractivity contribution >= 4 is 5.91 Å². The lowest BCUT2D eigenvalue weighted by atomic mass is 10.00. The summed E-state index contributed by atoms with van der Waals surface area (Å²) in [6.45, 7) is 5.65. The third kappa shape index (κ3) is 4.41. The van der Waals surface area contributed by atoms with Crippen LogP contribution in [0.5, 0.6) is 0 Å². The van der Waals surface area contributed by atoms with Gasteiger partial charge in [-0.1, -0.05) is 0 Å². The Kier molecular flexibility index (Phi) is 5.14. The molecular formula is C16H28N2O3. The second-order valence-electron chi connectivity index (χ2n) is 6.86. The first-order chi connectivity index (χ1) is 10.2. The fourth-order valence-corrected chi connectivity index (χ4v) is 3.39. The van der Waals surface area contributed by atoms with E-state index in [-0.39, 0.29) is 17.9 Å². The zero-order valence-corrected chi connectivity index (χ0v) is 13.1. The van der Waals surface area contributed by atoms with Crippen LogP contribution in [-0.4, -0.2) is 74.9 Å². The molecule has 5 nitrogen and oxygen atoms in total. The summed E-state index contributed by atoms with van der Waals surface area (Å²) in [5.74, 6) is 1.24. The Morgan fingerprint density at radius 2 is 2.10 bits per heavy atom. The molecule has 3 aliphatic rings. The maximum absolute atomic E-state index is 12.5. The summed E-state index contributed by atoms with van der Waals surface area (Å²) >= 11 is 0. The summed E-state index contributed by atoms with van der Waals surface area (Å²) in [5, 5.41) is 0. The Balaban J connectivity index is 1.46. The summed E-state index contributed by atoms with van der Waals surface area (Å²) in [6.07, 6.45) is 4.90. The maximum Gasteiger partial charge on any atom is 0.228 e. The molecule has 0 unspecified atom stereocenters. The Morgan fingerprint density at radius 3 is 2.81 bits per heavy atom. The maximum atomic E-state index is 12.5. The summed E-state index contributed by atoms with van der Waals surface area (Å²) in [4.78, 5) is 16.9. The number of rotatable bonds is 5. The lowest BCUT2D eigenvalue weighted by molar-refractivity contribution is -0.147. The van der Waals surface area contributed by atoms with Crippen molar-refractivity contribution < 1.29 is 14.3 Å². The highest BCUT2D eigenvalue weighted by Gasteiger charge is 2.31. The first kappa shape index (κ1) is 15.3. The normalized spacial score (nSPS) is 30.7. The first-order valence-corrected chi connectivity index (χ1v) is 8.39. The number of ether oxygens (including phenoxy) is 2. The van der Waals surface area contributed by atoms with Gasteiger partial charge in [0.2, 0.25) is 5.91 Å². The van der Waals surface area contributed by atoms with E-state index < -0.39 is 0 Å². The van der Waals surface area contributed by atoms with E-state index in [2.05, 4.69) is 11.9 Å². The molecule has 0 bridgehead atoms. The summed E-state index contributed by atoms with van der Waals surface area (Å²) in [7, 11) is 2.16. The smallest absolute Gasteiger partial charge is 0.228 e. The van der Waals surface area contributed by atoms with Gasteiger partial charge in [-0.15, -0.1) is 0 Å². The fraction of sp³-hybridized carbons (Fsp3) is 0.938. The highest BCUT2D eigenvalue weighted by atomic mass is 16.5.